The zero-order chi connectivity index (χ0) is 13.9. The van der Waals surface area contributed by atoms with Crippen molar-refractivity contribution in [3.63, 3.8) is 0 Å². The lowest BCUT2D eigenvalue weighted by atomic mass is 10.1. The number of benzene rings is 2. The quantitative estimate of drug-likeness (QED) is 0.933. The number of hydrogen-bond donors (Lipinski definition) is 1. The molecule has 1 N–H and O–H groups in total. The summed E-state index contributed by atoms with van der Waals surface area (Å²) in [6, 6.07) is 14.8. The van der Waals surface area contributed by atoms with E-state index in [2.05, 4.69) is 5.32 Å². The number of carbonyl (C=O) groups is 1. The molecule has 2 aromatic rings. The van der Waals surface area contributed by atoms with E-state index in [0.29, 0.717) is 18.2 Å². The van der Waals surface area contributed by atoms with Gasteiger partial charge >= 0.3 is 6.03 Å². The van der Waals surface area contributed by atoms with Crippen molar-refractivity contribution in [1.82, 2.24) is 5.06 Å². The number of urea groups is 1. The van der Waals surface area contributed by atoms with Crippen LogP contribution in [0.4, 0.5) is 10.5 Å². The van der Waals surface area contributed by atoms with E-state index in [4.69, 9.17) is 16.4 Å². The Morgan fingerprint density at radius 1 is 1.15 bits per heavy atom. The number of halogens is 1. The molecule has 1 aliphatic rings. The number of hydrogen-bond acceptors (Lipinski definition) is 2. The fourth-order valence-electron chi connectivity index (χ4n) is 2.06. The van der Waals surface area contributed by atoms with E-state index >= 15 is 0 Å². The molecule has 2 amide bonds. The number of hydroxylamine groups is 2. The minimum atomic E-state index is -0.282. The maximum absolute atomic E-state index is 11.9. The van der Waals surface area contributed by atoms with Crippen molar-refractivity contribution in [2.75, 3.05) is 5.32 Å². The van der Waals surface area contributed by atoms with E-state index in [1.54, 1.807) is 6.07 Å². The molecule has 5 heteroatoms. The molecule has 102 valence electrons. The normalized spacial score (nSPS) is 13.8. The molecule has 0 saturated carbocycles. The van der Waals surface area contributed by atoms with E-state index in [9.17, 15) is 4.79 Å². The van der Waals surface area contributed by atoms with Gasteiger partial charge in [-0.05, 0) is 17.7 Å². The van der Waals surface area contributed by atoms with Gasteiger partial charge in [0.1, 0.15) is 6.61 Å². The molecule has 0 saturated heterocycles. The van der Waals surface area contributed by atoms with Gasteiger partial charge in [0.05, 0.1) is 6.54 Å². The fraction of sp³-hybridized carbons (Fsp3) is 0.133. The van der Waals surface area contributed by atoms with Crippen LogP contribution in [0.15, 0.2) is 48.5 Å². The molecule has 0 aromatic heterocycles. The number of nitrogens with one attached hydrogen (secondary N) is 1. The first kappa shape index (κ1) is 13.0. The third-order valence-electron chi connectivity index (χ3n) is 3.12. The van der Waals surface area contributed by atoms with Crippen molar-refractivity contribution in [2.24, 2.45) is 0 Å². The molecule has 0 bridgehead atoms. The van der Waals surface area contributed by atoms with Crippen LogP contribution in [0.1, 0.15) is 11.1 Å². The van der Waals surface area contributed by atoms with E-state index in [1.165, 1.54) is 5.06 Å². The number of carbonyl (C=O) groups excluding carboxylic acids is 1. The first-order chi connectivity index (χ1) is 9.74. The number of anilines is 1. The third kappa shape index (κ3) is 2.61. The zero-order valence-electron chi connectivity index (χ0n) is 10.7. The summed E-state index contributed by atoms with van der Waals surface area (Å²) in [6.45, 7) is 0.682. The Hall–Kier alpha value is -2.04. The van der Waals surface area contributed by atoms with Gasteiger partial charge in [-0.1, -0.05) is 48.0 Å². The highest BCUT2D eigenvalue weighted by Gasteiger charge is 2.24. The van der Waals surface area contributed by atoms with Crippen LogP contribution >= 0.6 is 11.6 Å². The summed E-state index contributed by atoms with van der Waals surface area (Å²) in [5.41, 5.74) is 2.61. The van der Waals surface area contributed by atoms with Gasteiger partial charge in [0, 0.05) is 16.3 Å². The van der Waals surface area contributed by atoms with E-state index in [-0.39, 0.29) is 6.03 Å². The van der Waals surface area contributed by atoms with Gasteiger partial charge in [0.15, 0.2) is 0 Å². The molecule has 1 heterocycles. The van der Waals surface area contributed by atoms with Crippen LogP contribution in [0.5, 0.6) is 0 Å². The van der Waals surface area contributed by atoms with Gasteiger partial charge in [0.2, 0.25) is 0 Å². The molecule has 1 aliphatic heterocycles. The molecular weight excluding hydrogens is 276 g/mol. The predicted molar refractivity (Wildman–Crippen MR) is 77.2 cm³/mol. The monoisotopic (exact) mass is 288 g/mol. The summed E-state index contributed by atoms with van der Waals surface area (Å²) < 4.78 is 0. The average Bonchev–Trinajstić information content (AvgIpc) is 2.47. The zero-order valence-corrected chi connectivity index (χ0v) is 11.4. The van der Waals surface area contributed by atoms with Crippen molar-refractivity contribution in [3.8, 4) is 0 Å². The number of fused-ring (bicyclic) bond motifs is 1. The second-order valence-electron chi connectivity index (χ2n) is 4.49. The maximum atomic E-state index is 11.9. The van der Waals surface area contributed by atoms with Crippen LogP contribution in [-0.4, -0.2) is 11.1 Å². The second-order valence-corrected chi connectivity index (χ2v) is 4.90. The molecule has 20 heavy (non-hydrogen) atoms. The van der Waals surface area contributed by atoms with Crippen molar-refractivity contribution in [1.29, 1.82) is 0 Å². The topological polar surface area (TPSA) is 41.6 Å². The van der Waals surface area contributed by atoms with Gasteiger partial charge in [-0.3, -0.25) is 4.84 Å². The molecule has 0 radical (unpaired) electrons. The molecule has 4 nitrogen and oxygen atoms in total. The van der Waals surface area contributed by atoms with Crippen LogP contribution in [0.3, 0.4) is 0 Å². The summed E-state index contributed by atoms with van der Waals surface area (Å²) in [5.74, 6) is 0. The lowest BCUT2D eigenvalue weighted by Crippen LogP contribution is -2.38. The SMILES string of the molecule is O=C1Nc2cccc(Cl)c2CN1OCc1ccccc1. The number of nitrogens with zero attached hydrogens (tertiary/aromatic N) is 1. The lowest BCUT2D eigenvalue weighted by molar-refractivity contribution is -0.132. The Morgan fingerprint density at radius 3 is 2.75 bits per heavy atom. The van der Waals surface area contributed by atoms with Crippen molar-refractivity contribution in [2.45, 2.75) is 13.2 Å². The summed E-state index contributed by atoms with van der Waals surface area (Å²) in [6.07, 6.45) is 0. The minimum Gasteiger partial charge on any atom is -0.306 e. The highest BCUT2D eigenvalue weighted by Crippen LogP contribution is 2.29. The van der Waals surface area contributed by atoms with Crippen molar-refractivity contribution >= 4 is 23.3 Å². The average molecular weight is 289 g/mol. The van der Waals surface area contributed by atoms with Crippen LogP contribution in [0.25, 0.3) is 0 Å². The minimum absolute atomic E-state index is 0.282. The Bertz CT molecular complexity index is 631. The summed E-state index contributed by atoms with van der Waals surface area (Å²) in [7, 11) is 0. The van der Waals surface area contributed by atoms with E-state index in [0.717, 1.165) is 16.8 Å². The van der Waals surface area contributed by atoms with Gasteiger partial charge < -0.3 is 5.32 Å². The largest absolute Gasteiger partial charge is 0.346 e. The maximum Gasteiger partial charge on any atom is 0.346 e. The summed E-state index contributed by atoms with van der Waals surface area (Å²) in [4.78, 5) is 17.5. The lowest BCUT2D eigenvalue weighted by Gasteiger charge is -2.28. The van der Waals surface area contributed by atoms with Crippen molar-refractivity contribution < 1.29 is 9.63 Å². The smallest absolute Gasteiger partial charge is 0.306 e. The Morgan fingerprint density at radius 2 is 1.95 bits per heavy atom. The third-order valence-corrected chi connectivity index (χ3v) is 3.47. The Labute approximate surface area is 121 Å². The van der Waals surface area contributed by atoms with Gasteiger partial charge in [-0.15, -0.1) is 0 Å². The first-order valence-corrected chi connectivity index (χ1v) is 6.64. The molecule has 0 unspecified atom stereocenters. The van der Waals surface area contributed by atoms with Crippen LogP contribution in [-0.2, 0) is 18.0 Å². The summed E-state index contributed by atoms with van der Waals surface area (Å²) >= 11 is 6.14. The predicted octanol–water partition coefficient (Wildman–Crippen LogP) is 3.82. The van der Waals surface area contributed by atoms with Crippen molar-refractivity contribution in [3.05, 3.63) is 64.7 Å². The highest BCUT2D eigenvalue weighted by molar-refractivity contribution is 6.32. The van der Waals surface area contributed by atoms with Gasteiger partial charge in [-0.25, -0.2) is 4.79 Å². The Balaban J connectivity index is 1.72. The molecular formula is C15H13ClN2O2. The van der Waals surface area contributed by atoms with Crippen LogP contribution in [0, 0.1) is 0 Å². The molecule has 0 fully saturated rings. The highest BCUT2D eigenvalue weighted by atomic mass is 35.5. The van der Waals surface area contributed by atoms with Crippen LogP contribution < -0.4 is 5.32 Å². The van der Waals surface area contributed by atoms with Crippen LogP contribution in [0.2, 0.25) is 5.02 Å². The number of rotatable bonds is 3. The van der Waals surface area contributed by atoms with E-state index in [1.807, 2.05) is 42.5 Å². The molecule has 0 aliphatic carbocycles. The molecule has 2 aromatic carbocycles. The van der Waals surface area contributed by atoms with E-state index < -0.39 is 0 Å². The number of amides is 2. The van der Waals surface area contributed by atoms with Gasteiger partial charge in [-0.2, -0.15) is 5.06 Å². The molecule has 0 spiro atoms. The first-order valence-electron chi connectivity index (χ1n) is 6.27. The molecule has 3 rings (SSSR count). The molecule has 0 atom stereocenters. The summed E-state index contributed by atoms with van der Waals surface area (Å²) in [5, 5.41) is 4.68. The van der Waals surface area contributed by atoms with Gasteiger partial charge in [0.25, 0.3) is 0 Å². The standard InChI is InChI=1S/C15H13ClN2O2/c16-13-7-4-8-14-12(13)9-18(15(19)17-14)20-10-11-5-2-1-3-6-11/h1-8H,9-10H2,(H,17,19). The second kappa shape index (κ2) is 5.53. The Kier molecular flexibility index (Phi) is 3.58. The fourth-order valence-corrected chi connectivity index (χ4v) is 2.29.